The van der Waals surface area contributed by atoms with Crippen LogP contribution in [0, 0.1) is 11.3 Å². The molecule has 0 N–H and O–H groups in total. The Kier molecular flexibility index (Phi) is 4.19. The highest BCUT2D eigenvalue weighted by Gasteiger charge is 2.37. The smallest absolute Gasteiger partial charge is 0.418 e. The summed E-state index contributed by atoms with van der Waals surface area (Å²) in [5.74, 6) is -0.863. The van der Waals surface area contributed by atoms with Crippen molar-refractivity contribution in [2.75, 3.05) is 7.11 Å². The van der Waals surface area contributed by atoms with Crippen molar-refractivity contribution in [2.24, 2.45) is 0 Å². The van der Waals surface area contributed by atoms with Crippen LogP contribution in [-0.2, 0) is 22.1 Å². The van der Waals surface area contributed by atoms with E-state index >= 15 is 0 Å². The number of alkyl halides is 3. The van der Waals surface area contributed by atoms with Gasteiger partial charge in [0.15, 0.2) is 0 Å². The molecule has 1 rings (SSSR count). The van der Waals surface area contributed by atoms with Crippen LogP contribution in [0.25, 0.3) is 0 Å². The van der Waals surface area contributed by atoms with Crippen molar-refractivity contribution in [1.82, 2.24) is 0 Å². The van der Waals surface area contributed by atoms with Crippen molar-refractivity contribution in [3.05, 3.63) is 33.8 Å². The quantitative estimate of drug-likeness (QED) is 0.781. The molecule has 0 unspecified atom stereocenters. The number of benzene rings is 1. The van der Waals surface area contributed by atoms with Crippen molar-refractivity contribution in [3.8, 4) is 6.07 Å². The topological polar surface area (TPSA) is 50.1 Å². The van der Waals surface area contributed by atoms with Gasteiger partial charge in [0.05, 0.1) is 30.7 Å². The maximum atomic E-state index is 12.9. The summed E-state index contributed by atoms with van der Waals surface area (Å²) in [7, 11) is 1.05. The van der Waals surface area contributed by atoms with Gasteiger partial charge in [-0.3, -0.25) is 4.79 Å². The normalized spacial score (nSPS) is 10.9. The van der Waals surface area contributed by atoms with Crippen LogP contribution in [-0.4, -0.2) is 13.1 Å². The number of rotatable bonds is 2. The first-order chi connectivity index (χ1) is 8.31. The number of esters is 1. The predicted molar refractivity (Wildman–Crippen MR) is 56.9 cm³/mol. The number of hydrogen-bond donors (Lipinski definition) is 0. The molecule has 0 aliphatic heterocycles. The van der Waals surface area contributed by atoms with Gasteiger partial charge in [-0.15, -0.1) is 0 Å². The molecule has 0 saturated carbocycles. The highest BCUT2D eigenvalue weighted by atomic mass is 35.5. The molecule has 0 amide bonds. The van der Waals surface area contributed by atoms with Crippen LogP contribution < -0.4 is 0 Å². The molecule has 0 heterocycles. The SMILES string of the molecule is COC(=O)Cc1c(Cl)ccc(C#N)c1C(F)(F)F. The van der Waals surface area contributed by atoms with E-state index in [2.05, 4.69) is 4.74 Å². The van der Waals surface area contributed by atoms with Crippen LogP contribution in [0.1, 0.15) is 16.7 Å². The van der Waals surface area contributed by atoms with E-state index in [1.165, 1.54) is 6.07 Å². The molecule has 0 saturated heterocycles. The monoisotopic (exact) mass is 277 g/mol. The lowest BCUT2D eigenvalue weighted by Crippen LogP contribution is -2.16. The average Bonchev–Trinajstić information content (AvgIpc) is 2.29. The zero-order valence-corrected chi connectivity index (χ0v) is 9.89. The molecule has 0 aliphatic carbocycles. The number of carbonyl (C=O) groups is 1. The average molecular weight is 278 g/mol. The van der Waals surface area contributed by atoms with E-state index in [9.17, 15) is 18.0 Å². The number of nitriles is 1. The summed E-state index contributed by atoms with van der Waals surface area (Å²) in [6.07, 6.45) is -5.40. The molecule has 0 spiro atoms. The minimum atomic E-state index is -4.76. The maximum absolute atomic E-state index is 12.9. The zero-order valence-electron chi connectivity index (χ0n) is 9.14. The summed E-state index contributed by atoms with van der Waals surface area (Å²) in [4.78, 5) is 11.1. The van der Waals surface area contributed by atoms with E-state index in [1.54, 1.807) is 0 Å². The van der Waals surface area contributed by atoms with Crippen molar-refractivity contribution in [3.63, 3.8) is 0 Å². The van der Waals surface area contributed by atoms with Gasteiger partial charge in [-0.1, -0.05) is 11.6 Å². The second-order valence-corrected chi connectivity index (χ2v) is 3.72. The van der Waals surface area contributed by atoms with E-state index in [0.717, 1.165) is 19.2 Å². The zero-order chi connectivity index (χ0) is 13.9. The number of ether oxygens (including phenoxy) is 1. The molecule has 0 aliphatic rings. The third-order valence-corrected chi connectivity index (χ3v) is 2.56. The van der Waals surface area contributed by atoms with Gasteiger partial charge < -0.3 is 4.74 Å². The molecule has 0 aromatic heterocycles. The van der Waals surface area contributed by atoms with Crippen molar-refractivity contribution in [1.29, 1.82) is 5.26 Å². The number of halogens is 4. The van der Waals surface area contributed by atoms with Crippen LogP contribution in [0.5, 0.6) is 0 Å². The van der Waals surface area contributed by atoms with Gasteiger partial charge in [0.25, 0.3) is 0 Å². The van der Waals surface area contributed by atoms with E-state index in [0.29, 0.717) is 0 Å². The minimum Gasteiger partial charge on any atom is -0.469 e. The van der Waals surface area contributed by atoms with Crippen LogP contribution in [0.15, 0.2) is 12.1 Å². The van der Waals surface area contributed by atoms with Crippen molar-refractivity contribution in [2.45, 2.75) is 12.6 Å². The lowest BCUT2D eigenvalue weighted by molar-refractivity contribution is -0.141. The second kappa shape index (κ2) is 5.27. The molecule has 3 nitrogen and oxygen atoms in total. The van der Waals surface area contributed by atoms with Crippen molar-refractivity contribution >= 4 is 17.6 Å². The van der Waals surface area contributed by atoms with Crippen LogP contribution in [0.4, 0.5) is 13.2 Å². The Hall–Kier alpha value is -1.74. The molecule has 0 bridgehead atoms. The largest absolute Gasteiger partial charge is 0.469 e. The van der Waals surface area contributed by atoms with Gasteiger partial charge >= 0.3 is 12.1 Å². The minimum absolute atomic E-state index is 0.230. The Balaban J connectivity index is 3.47. The summed E-state index contributed by atoms with van der Waals surface area (Å²) in [5.41, 5.74) is -2.22. The fraction of sp³-hybridized carbons (Fsp3) is 0.273. The van der Waals surface area contributed by atoms with Gasteiger partial charge in [0, 0.05) is 5.02 Å². The first-order valence-corrected chi connectivity index (χ1v) is 5.04. The summed E-state index contributed by atoms with van der Waals surface area (Å²) in [6.45, 7) is 0. The molecule has 7 heteroatoms. The molecule has 0 radical (unpaired) electrons. The molecule has 1 aromatic rings. The summed E-state index contributed by atoms with van der Waals surface area (Å²) >= 11 is 5.65. The van der Waals surface area contributed by atoms with E-state index in [-0.39, 0.29) is 5.02 Å². The first-order valence-electron chi connectivity index (χ1n) is 4.66. The molecular weight excluding hydrogens is 271 g/mol. The number of methoxy groups -OCH3 is 1. The van der Waals surface area contributed by atoms with Gasteiger partial charge in [0.2, 0.25) is 0 Å². The standard InChI is InChI=1S/C11H7ClF3NO2/c1-18-9(17)4-7-8(12)3-2-6(5-16)10(7)11(13,14)15/h2-3H,4H2,1H3. The molecule has 18 heavy (non-hydrogen) atoms. The van der Waals surface area contributed by atoms with Crippen LogP contribution in [0.3, 0.4) is 0 Å². The summed E-state index contributed by atoms with van der Waals surface area (Å²) < 4.78 is 42.9. The Labute approximate surface area is 106 Å². The van der Waals surface area contributed by atoms with E-state index in [4.69, 9.17) is 16.9 Å². The van der Waals surface area contributed by atoms with Crippen molar-refractivity contribution < 1.29 is 22.7 Å². The maximum Gasteiger partial charge on any atom is 0.418 e. The van der Waals surface area contributed by atoms with Gasteiger partial charge in [-0.25, -0.2) is 0 Å². The summed E-state index contributed by atoms with van der Waals surface area (Å²) in [6, 6.07) is 3.54. The van der Waals surface area contributed by atoms with Gasteiger partial charge in [-0.2, -0.15) is 18.4 Å². The third-order valence-electron chi connectivity index (χ3n) is 2.21. The Bertz CT molecular complexity index is 520. The highest BCUT2D eigenvalue weighted by Crippen LogP contribution is 2.37. The van der Waals surface area contributed by atoms with Gasteiger partial charge in [-0.05, 0) is 17.7 Å². The lowest BCUT2D eigenvalue weighted by Gasteiger charge is -2.15. The van der Waals surface area contributed by atoms with E-state index in [1.807, 2.05) is 0 Å². The lowest BCUT2D eigenvalue weighted by atomic mass is 9.98. The summed E-state index contributed by atoms with van der Waals surface area (Å²) in [5, 5.41) is 8.45. The first kappa shape index (κ1) is 14.3. The van der Waals surface area contributed by atoms with Crippen LogP contribution in [0.2, 0.25) is 5.02 Å². The second-order valence-electron chi connectivity index (χ2n) is 3.31. The third kappa shape index (κ3) is 2.93. The number of hydrogen-bond acceptors (Lipinski definition) is 3. The molecule has 0 atom stereocenters. The highest BCUT2D eigenvalue weighted by molar-refractivity contribution is 6.31. The van der Waals surface area contributed by atoms with Gasteiger partial charge in [0.1, 0.15) is 0 Å². The molecule has 1 aromatic carbocycles. The molecular formula is C11H7ClF3NO2. The fourth-order valence-corrected chi connectivity index (χ4v) is 1.65. The predicted octanol–water partition coefficient (Wildman–Crippen LogP) is 2.95. The Morgan fingerprint density at radius 1 is 1.50 bits per heavy atom. The molecule has 0 fully saturated rings. The van der Waals surface area contributed by atoms with Crippen LogP contribution >= 0.6 is 11.6 Å². The molecule has 96 valence electrons. The number of nitrogens with zero attached hydrogens (tertiary/aromatic N) is 1. The number of carbonyl (C=O) groups excluding carboxylic acids is 1. The van der Waals surface area contributed by atoms with E-state index < -0.39 is 35.3 Å². The fourth-order valence-electron chi connectivity index (χ4n) is 1.43. The Morgan fingerprint density at radius 2 is 2.11 bits per heavy atom. The Morgan fingerprint density at radius 3 is 2.56 bits per heavy atom.